The van der Waals surface area contributed by atoms with Gasteiger partial charge < -0.3 is 41.1 Å². The number of primary amides is 1. The molecule has 7 N–H and O–H groups in total. The second kappa shape index (κ2) is 10.4. The summed E-state index contributed by atoms with van der Waals surface area (Å²) in [7, 11) is 6.59. The maximum atomic E-state index is 14.0. The zero-order valence-electron chi connectivity index (χ0n) is 23.8. The van der Waals surface area contributed by atoms with Gasteiger partial charge in [0.2, 0.25) is 5.78 Å². The third-order valence-electron chi connectivity index (χ3n) is 8.19. The molecule has 13 heteroatoms. The molecule has 4 rings (SSSR count). The second-order valence-electron chi connectivity index (χ2n) is 11.1. The Kier molecular flexibility index (Phi) is 7.56. The molecule has 0 aliphatic heterocycles. The molecule has 5 atom stereocenters. The topological polar surface area (TPSA) is 203 Å². The molecule has 0 heterocycles. The van der Waals surface area contributed by atoms with E-state index >= 15 is 0 Å². The van der Waals surface area contributed by atoms with Crippen molar-refractivity contribution < 1.29 is 44.3 Å². The number of anilines is 2. The lowest BCUT2D eigenvalue weighted by Gasteiger charge is -2.50. The van der Waals surface area contributed by atoms with Crippen molar-refractivity contribution in [2.24, 2.45) is 17.6 Å². The van der Waals surface area contributed by atoms with Crippen LogP contribution in [0.5, 0.6) is 5.75 Å². The number of hydrogen-bond acceptors (Lipinski definition) is 12. The number of nitrogens with two attached hydrogens (primary N) is 1. The van der Waals surface area contributed by atoms with Crippen molar-refractivity contribution >= 4 is 40.6 Å². The van der Waals surface area contributed by atoms with Gasteiger partial charge in [-0.3, -0.25) is 19.3 Å². The average Bonchev–Trinajstić information content (AvgIpc) is 2.87. The van der Waals surface area contributed by atoms with Crippen LogP contribution in [-0.2, 0) is 30.3 Å². The molecular formula is C28H36N4O9. The normalized spacial score (nSPS) is 26.3. The summed E-state index contributed by atoms with van der Waals surface area (Å²) in [6, 6.07) is -0.413. The monoisotopic (exact) mass is 572 g/mol. The molecule has 3 aliphatic rings. The van der Waals surface area contributed by atoms with Gasteiger partial charge >= 0.3 is 5.97 Å². The number of nitrogens with one attached hydrogen (secondary N) is 1. The number of ether oxygens (including phenoxy) is 1. The molecule has 0 aromatic heterocycles. The van der Waals surface area contributed by atoms with E-state index in [2.05, 4.69) is 5.32 Å². The fraction of sp³-hybridized carbons (Fsp3) is 0.500. The van der Waals surface area contributed by atoms with Crippen molar-refractivity contribution in [3.05, 3.63) is 34.1 Å². The minimum Gasteiger partial charge on any atom is -0.508 e. The van der Waals surface area contributed by atoms with Crippen LogP contribution in [0.3, 0.4) is 0 Å². The van der Waals surface area contributed by atoms with Gasteiger partial charge in [-0.1, -0.05) is 0 Å². The number of aliphatic hydroxyl groups is 3. The predicted octanol–water partition coefficient (Wildman–Crippen LogP) is 0.394. The number of rotatable bonds is 7. The van der Waals surface area contributed by atoms with E-state index in [1.807, 2.05) is 0 Å². The molecular weight excluding hydrogens is 536 g/mol. The van der Waals surface area contributed by atoms with Gasteiger partial charge in [0, 0.05) is 31.3 Å². The van der Waals surface area contributed by atoms with E-state index in [4.69, 9.17) is 10.5 Å². The zero-order chi connectivity index (χ0) is 30.7. The average molecular weight is 573 g/mol. The molecule has 1 amide bonds. The molecule has 0 spiro atoms. The van der Waals surface area contributed by atoms with Gasteiger partial charge in [0.15, 0.2) is 11.4 Å². The lowest BCUT2D eigenvalue weighted by Crippen LogP contribution is -2.65. The number of aromatic hydroxyl groups is 1. The van der Waals surface area contributed by atoms with Crippen molar-refractivity contribution in [3.63, 3.8) is 0 Å². The van der Waals surface area contributed by atoms with Gasteiger partial charge in [-0.25, -0.2) is 4.79 Å². The number of nitrogens with zero attached hydrogens (tertiary/aromatic N) is 2. The summed E-state index contributed by atoms with van der Waals surface area (Å²) in [6.07, 6.45) is 0.128. The van der Waals surface area contributed by atoms with Gasteiger partial charge in [0.05, 0.1) is 23.9 Å². The minimum absolute atomic E-state index is 0.0146. The Morgan fingerprint density at radius 1 is 1.20 bits per heavy atom. The van der Waals surface area contributed by atoms with Gasteiger partial charge in [-0.2, -0.15) is 0 Å². The highest BCUT2D eigenvalue weighted by molar-refractivity contribution is 6.24. The fourth-order valence-electron chi connectivity index (χ4n) is 6.36. The van der Waals surface area contributed by atoms with E-state index in [0.717, 1.165) is 0 Å². The molecule has 0 radical (unpaired) electrons. The van der Waals surface area contributed by atoms with Crippen LogP contribution in [0.1, 0.15) is 31.4 Å². The van der Waals surface area contributed by atoms with Gasteiger partial charge in [-0.05, 0) is 58.3 Å². The molecule has 1 saturated carbocycles. The van der Waals surface area contributed by atoms with Crippen LogP contribution in [0, 0.1) is 11.8 Å². The van der Waals surface area contributed by atoms with E-state index in [0.29, 0.717) is 11.3 Å². The number of hydrogen-bond donors (Lipinski definition) is 6. The number of fused-ring (bicyclic) bond motifs is 3. The Balaban J connectivity index is 1.93. The smallest absolute Gasteiger partial charge is 0.328 e. The largest absolute Gasteiger partial charge is 0.508 e. The number of benzene rings is 1. The maximum Gasteiger partial charge on any atom is 0.328 e. The quantitative estimate of drug-likeness (QED) is 0.149. The van der Waals surface area contributed by atoms with Crippen LogP contribution in [0.25, 0.3) is 5.76 Å². The standard InChI is InChI=1S/C28H36N4O9/c1-7-41-27(39)11(2)30-15-10-16(31(3)4)13-8-12-9-14-20(32(5)6)23(35)19(26(29)38)25(37)28(14,40)24(36)17(12)22(34)18(13)21(15)33/h10-12,14,20,30,33-34,37,40H,7-9H2,1-6H3,(H2,29,38)/t11?,12-,14-,20+,28+/m0/s1. The van der Waals surface area contributed by atoms with Crippen molar-refractivity contribution in [1.82, 2.24) is 4.90 Å². The predicted molar refractivity (Wildman–Crippen MR) is 148 cm³/mol. The lowest BCUT2D eigenvalue weighted by atomic mass is 9.57. The summed E-state index contributed by atoms with van der Waals surface area (Å²) < 4.78 is 5.03. The Morgan fingerprint density at radius 2 is 1.83 bits per heavy atom. The van der Waals surface area contributed by atoms with Crippen LogP contribution < -0.4 is 16.0 Å². The number of carbonyl (C=O) groups excluding carboxylic acids is 4. The molecule has 3 aliphatic carbocycles. The number of esters is 1. The Hall–Kier alpha value is -4.10. The number of amides is 1. The minimum atomic E-state index is -2.72. The number of carbonyl (C=O) groups is 4. The summed E-state index contributed by atoms with van der Waals surface area (Å²) in [5.74, 6) is -7.83. The molecule has 0 bridgehead atoms. The maximum absolute atomic E-state index is 14.0. The van der Waals surface area contributed by atoms with Crippen LogP contribution in [0.4, 0.5) is 11.4 Å². The SMILES string of the molecule is CCOC(=O)C(C)Nc1cc(N(C)C)c2c(c1O)C(O)=C1C(=O)[C@@]3(O)C(O)=C(C(N)=O)C(=O)[C@H](N(C)C)[C@@H]3C[C@@H]1C2. The molecule has 1 aromatic rings. The molecule has 222 valence electrons. The number of likely N-dealkylation sites (N-methyl/N-ethyl adjacent to an activating group) is 1. The summed E-state index contributed by atoms with van der Waals surface area (Å²) in [5.41, 5.74) is 2.61. The highest BCUT2D eigenvalue weighted by Gasteiger charge is 2.64. The zero-order valence-corrected chi connectivity index (χ0v) is 23.8. The molecule has 1 unspecified atom stereocenters. The first-order valence-corrected chi connectivity index (χ1v) is 13.2. The van der Waals surface area contributed by atoms with Crippen LogP contribution in [0.2, 0.25) is 0 Å². The Bertz CT molecular complexity index is 1410. The van der Waals surface area contributed by atoms with Crippen LogP contribution in [0.15, 0.2) is 23.0 Å². The van der Waals surface area contributed by atoms with Gasteiger partial charge in [-0.15, -0.1) is 0 Å². The molecule has 13 nitrogen and oxygen atoms in total. The first kappa shape index (κ1) is 29.9. The Morgan fingerprint density at radius 3 is 2.37 bits per heavy atom. The van der Waals surface area contributed by atoms with E-state index < -0.39 is 75.8 Å². The second-order valence-corrected chi connectivity index (χ2v) is 11.1. The molecule has 0 saturated heterocycles. The third kappa shape index (κ3) is 4.39. The van der Waals surface area contributed by atoms with Gasteiger partial charge in [0.1, 0.15) is 28.9 Å². The van der Waals surface area contributed by atoms with E-state index in [1.54, 1.807) is 46.1 Å². The van der Waals surface area contributed by atoms with Gasteiger partial charge in [0.25, 0.3) is 5.91 Å². The number of aliphatic hydroxyl groups excluding tert-OH is 2. The molecule has 1 aromatic carbocycles. The summed E-state index contributed by atoms with van der Waals surface area (Å²) in [6.45, 7) is 3.36. The van der Waals surface area contributed by atoms with Crippen molar-refractivity contribution in [3.8, 4) is 5.75 Å². The van der Waals surface area contributed by atoms with Crippen molar-refractivity contribution in [1.29, 1.82) is 0 Å². The number of phenols is 1. The first-order valence-electron chi connectivity index (χ1n) is 13.2. The van der Waals surface area contributed by atoms with Crippen molar-refractivity contribution in [2.45, 2.75) is 44.4 Å². The van der Waals surface area contributed by atoms with Crippen LogP contribution >= 0.6 is 0 Å². The molecule has 1 fully saturated rings. The van der Waals surface area contributed by atoms with E-state index in [-0.39, 0.29) is 36.3 Å². The Labute approximate surface area is 236 Å². The highest BCUT2D eigenvalue weighted by Crippen LogP contribution is 2.54. The van der Waals surface area contributed by atoms with Crippen LogP contribution in [-0.4, -0.2) is 101 Å². The third-order valence-corrected chi connectivity index (χ3v) is 8.19. The first-order chi connectivity index (χ1) is 19.1. The summed E-state index contributed by atoms with van der Waals surface area (Å²) in [4.78, 5) is 54.8. The summed E-state index contributed by atoms with van der Waals surface area (Å²) in [5, 5.41) is 48.4. The van der Waals surface area contributed by atoms with E-state index in [9.17, 15) is 39.6 Å². The van der Waals surface area contributed by atoms with E-state index in [1.165, 1.54) is 11.8 Å². The lowest BCUT2D eigenvalue weighted by molar-refractivity contribution is -0.153. The van der Waals surface area contributed by atoms with Crippen molar-refractivity contribution in [2.75, 3.05) is 45.0 Å². The summed E-state index contributed by atoms with van der Waals surface area (Å²) >= 11 is 0. The highest BCUT2D eigenvalue weighted by atomic mass is 16.5. The fourth-order valence-corrected chi connectivity index (χ4v) is 6.36. The number of ketones is 2. The molecule has 41 heavy (non-hydrogen) atoms. The number of Topliss-reactive ketones (excluding diaryl/α,β-unsaturated/α-hetero) is 2. The number of phenolic OH excluding ortho intramolecular Hbond substituents is 1.